The molecule has 2 heterocycles. The summed E-state index contributed by atoms with van der Waals surface area (Å²) in [4.78, 5) is 4.15. The zero-order valence-electron chi connectivity index (χ0n) is 8.34. The van der Waals surface area contributed by atoms with Crippen molar-refractivity contribution in [3.05, 3.63) is 54.7 Å². The molecule has 16 heavy (non-hydrogen) atoms. The monoisotopic (exact) mass is 213 g/mol. The molecule has 0 aliphatic rings. The van der Waals surface area contributed by atoms with Crippen molar-refractivity contribution in [1.29, 1.82) is 0 Å². The number of hydrogen-bond acceptors (Lipinski definition) is 2. The number of benzene rings is 1. The first-order chi connectivity index (χ1) is 7.83. The van der Waals surface area contributed by atoms with Gasteiger partial charge in [-0.05, 0) is 23.8 Å². The fraction of sp³-hybridized carbons (Fsp3) is 0. The van der Waals surface area contributed by atoms with Gasteiger partial charge in [0.15, 0.2) is 5.65 Å². The second kappa shape index (κ2) is 3.41. The van der Waals surface area contributed by atoms with Gasteiger partial charge in [-0.3, -0.25) is 0 Å². The van der Waals surface area contributed by atoms with E-state index in [0.29, 0.717) is 0 Å². The molecule has 0 aliphatic heterocycles. The Kier molecular flexibility index (Phi) is 1.93. The van der Waals surface area contributed by atoms with E-state index in [1.165, 1.54) is 12.1 Å². The Morgan fingerprint density at radius 2 is 1.88 bits per heavy atom. The SMILES string of the molecule is Fc1ccc(-c2cnn3ccnc3c2)cc1. The third-order valence-corrected chi connectivity index (χ3v) is 2.43. The molecule has 0 aliphatic carbocycles. The van der Waals surface area contributed by atoms with Crippen molar-refractivity contribution < 1.29 is 4.39 Å². The molecule has 0 bridgehead atoms. The highest BCUT2D eigenvalue weighted by molar-refractivity contribution is 5.65. The number of rotatable bonds is 1. The molecule has 0 saturated heterocycles. The normalized spacial score (nSPS) is 10.8. The summed E-state index contributed by atoms with van der Waals surface area (Å²) in [5, 5.41) is 4.20. The van der Waals surface area contributed by atoms with E-state index in [9.17, 15) is 4.39 Å². The van der Waals surface area contributed by atoms with Gasteiger partial charge in [-0.15, -0.1) is 0 Å². The van der Waals surface area contributed by atoms with Crippen LogP contribution in [0.4, 0.5) is 4.39 Å². The molecular weight excluding hydrogens is 205 g/mol. The lowest BCUT2D eigenvalue weighted by atomic mass is 10.1. The highest BCUT2D eigenvalue weighted by Gasteiger charge is 2.01. The van der Waals surface area contributed by atoms with Gasteiger partial charge in [0.05, 0.1) is 6.20 Å². The van der Waals surface area contributed by atoms with E-state index in [0.717, 1.165) is 16.8 Å². The average molecular weight is 213 g/mol. The first-order valence-corrected chi connectivity index (χ1v) is 4.88. The first-order valence-electron chi connectivity index (χ1n) is 4.88. The Bertz CT molecular complexity index is 628. The summed E-state index contributed by atoms with van der Waals surface area (Å²) in [6.07, 6.45) is 5.21. The van der Waals surface area contributed by atoms with Gasteiger partial charge in [-0.1, -0.05) is 12.1 Å². The van der Waals surface area contributed by atoms with Crippen molar-refractivity contribution >= 4 is 5.65 Å². The smallest absolute Gasteiger partial charge is 0.154 e. The maximum Gasteiger partial charge on any atom is 0.154 e. The summed E-state index contributed by atoms with van der Waals surface area (Å²) in [7, 11) is 0. The van der Waals surface area contributed by atoms with Crippen LogP contribution in [-0.2, 0) is 0 Å². The van der Waals surface area contributed by atoms with E-state index in [2.05, 4.69) is 10.1 Å². The van der Waals surface area contributed by atoms with Crippen LogP contribution in [0.3, 0.4) is 0 Å². The fourth-order valence-electron chi connectivity index (χ4n) is 1.61. The molecule has 0 atom stereocenters. The fourth-order valence-corrected chi connectivity index (χ4v) is 1.61. The van der Waals surface area contributed by atoms with Gasteiger partial charge in [0.2, 0.25) is 0 Å². The van der Waals surface area contributed by atoms with Crippen LogP contribution in [0.2, 0.25) is 0 Å². The molecule has 78 valence electrons. The molecule has 0 fully saturated rings. The highest BCUT2D eigenvalue weighted by atomic mass is 19.1. The Labute approximate surface area is 91.2 Å². The maximum absolute atomic E-state index is 12.8. The van der Waals surface area contributed by atoms with E-state index in [1.54, 1.807) is 35.2 Å². The topological polar surface area (TPSA) is 30.2 Å². The number of hydrogen-bond donors (Lipinski definition) is 0. The van der Waals surface area contributed by atoms with Crippen LogP contribution in [0.5, 0.6) is 0 Å². The van der Waals surface area contributed by atoms with Gasteiger partial charge in [0, 0.05) is 18.0 Å². The van der Waals surface area contributed by atoms with Crippen LogP contribution in [0.15, 0.2) is 48.9 Å². The molecule has 1 aromatic carbocycles. The summed E-state index contributed by atoms with van der Waals surface area (Å²) in [5.74, 6) is -0.237. The Morgan fingerprint density at radius 1 is 1.06 bits per heavy atom. The second-order valence-corrected chi connectivity index (χ2v) is 3.48. The van der Waals surface area contributed by atoms with Crippen LogP contribution in [-0.4, -0.2) is 14.6 Å². The molecule has 4 heteroatoms. The predicted octanol–water partition coefficient (Wildman–Crippen LogP) is 2.54. The number of halogens is 1. The zero-order chi connectivity index (χ0) is 11.0. The van der Waals surface area contributed by atoms with E-state index >= 15 is 0 Å². The quantitative estimate of drug-likeness (QED) is 0.621. The zero-order valence-corrected chi connectivity index (χ0v) is 8.34. The molecule has 2 aromatic heterocycles. The minimum absolute atomic E-state index is 0.237. The van der Waals surface area contributed by atoms with Gasteiger partial charge in [-0.25, -0.2) is 13.9 Å². The van der Waals surface area contributed by atoms with E-state index in [4.69, 9.17) is 0 Å². The molecule has 0 saturated carbocycles. The third-order valence-electron chi connectivity index (χ3n) is 2.43. The minimum atomic E-state index is -0.237. The summed E-state index contributed by atoms with van der Waals surface area (Å²) in [6.45, 7) is 0. The van der Waals surface area contributed by atoms with Gasteiger partial charge in [-0.2, -0.15) is 5.10 Å². The lowest BCUT2D eigenvalue weighted by Crippen LogP contribution is -1.90. The summed E-state index contributed by atoms with van der Waals surface area (Å²) >= 11 is 0. The minimum Gasteiger partial charge on any atom is -0.236 e. The Balaban J connectivity index is 2.14. The largest absolute Gasteiger partial charge is 0.236 e. The van der Waals surface area contributed by atoms with E-state index in [-0.39, 0.29) is 5.82 Å². The molecule has 0 amide bonds. The molecule has 3 nitrogen and oxygen atoms in total. The van der Waals surface area contributed by atoms with E-state index < -0.39 is 0 Å². The van der Waals surface area contributed by atoms with Gasteiger partial charge in [0.1, 0.15) is 5.82 Å². The molecule has 3 aromatic rings. The molecule has 3 rings (SSSR count). The molecule has 0 radical (unpaired) electrons. The predicted molar refractivity (Wildman–Crippen MR) is 58.4 cm³/mol. The van der Waals surface area contributed by atoms with Crippen molar-refractivity contribution in [2.24, 2.45) is 0 Å². The van der Waals surface area contributed by atoms with Crippen molar-refractivity contribution in [2.75, 3.05) is 0 Å². The average Bonchev–Trinajstić information content (AvgIpc) is 2.77. The molecule has 0 N–H and O–H groups in total. The molecule has 0 unspecified atom stereocenters. The molecule has 0 spiro atoms. The van der Waals surface area contributed by atoms with Crippen LogP contribution < -0.4 is 0 Å². The summed E-state index contributed by atoms with van der Waals surface area (Å²) in [5.41, 5.74) is 2.64. The van der Waals surface area contributed by atoms with Crippen LogP contribution in [0, 0.1) is 5.82 Å². The van der Waals surface area contributed by atoms with Gasteiger partial charge >= 0.3 is 0 Å². The Hall–Kier alpha value is -2.23. The van der Waals surface area contributed by atoms with Crippen molar-refractivity contribution in [1.82, 2.24) is 14.6 Å². The Morgan fingerprint density at radius 3 is 2.69 bits per heavy atom. The van der Waals surface area contributed by atoms with Gasteiger partial charge in [0.25, 0.3) is 0 Å². The number of nitrogens with zero attached hydrogens (tertiary/aromatic N) is 3. The van der Waals surface area contributed by atoms with Crippen molar-refractivity contribution in [2.45, 2.75) is 0 Å². The second-order valence-electron chi connectivity index (χ2n) is 3.48. The van der Waals surface area contributed by atoms with Crippen LogP contribution >= 0.6 is 0 Å². The lowest BCUT2D eigenvalue weighted by Gasteiger charge is -2.01. The van der Waals surface area contributed by atoms with Crippen molar-refractivity contribution in [3.63, 3.8) is 0 Å². The summed E-state index contributed by atoms with van der Waals surface area (Å²) < 4.78 is 14.5. The standard InChI is InChI=1S/C12H8FN3/c13-11-3-1-9(2-4-11)10-7-12-14-5-6-16(12)15-8-10/h1-8H. The molecular formula is C12H8FN3. The van der Waals surface area contributed by atoms with Gasteiger partial charge < -0.3 is 0 Å². The number of imidazole rings is 1. The maximum atomic E-state index is 12.8. The first kappa shape index (κ1) is 9.03. The van der Waals surface area contributed by atoms with Crippen LogP contribution in [0.1, 0.15) is 0 Å². The third kappa shape index (κ3) is 1.44. The number of aromatic nitrogens is 3. The van der Waals surface area contributed by atoms with Crippen LogP contribution in [0.25, 0.3) is 16.8 Å². The number of fused-ring (bicyclic) bond motifs is 1. The summed E-state index contributed by atoms with van der Waals surface area (Å²) in [6, 6.07) is 8.24. The highest BCUT2D eigenvalue weighted by Crippen LogP contribution is 2.19. The van der Waals surface area contributed by atoms with E-state index in [1.807, 2.05) is 6.07 Å². The van der Waals surface area contributed by atoms with Crippen molar-refractivity contribution in [3.8, 4) is 11.1 Å². The lowest BCUT2D eigenvalue weighted by molar-refractivity contribution is 0.628.